The van der Waals surface area contributed by atoms with Crippen LogP contribution in [0.15, 0.2) is 18.6 Å². The predicted molar refractivity (Wildman–Crippen MR) is 104 cm³/mol. The van der Waals surface area contributed by atoms with E-state index in [-0.39, 0.29) is 29.9 Å². The number of carbonyl (C=O) groups excluding carboxylic acids is 2. The van der Waals surface area contributed by atoms with Crippen molar-refractivity contribution in [3.63, 3.8) is 0 Å². The summed E-state index contributed by atoms with van der Waals surface area (Å²) in [5, 5.41) is 18.0. The Bertz CT molecular complexity index is 885. The van der Waals surface area contributed by atoms with Gasteiger partial charge in [0.1, 0.15) is 17.3 Å². The fourth-order valence-corrected chi connectivity index (χ4v) is 4.30. The number of nitrogens with zero attached hydrogens (tertiary/aromatic N) is 4. The van der Waals surface area contributed by atoms with Crippen LogP contribution in [0.1, 0.15) is 29.6 Å². The van der Waals surface area contributed by atoms with E-state index in [1.165, 1.54) is 6.20 Å². The molecule has 0 aromatic carbocycles. The van der Waals surface area contributed by atoms with Crippen molar-refractivity contribution >= 4 is 17.5 Å². The van der Waals surface area contributed by atoms with Gasteiger partial charge in [0.25, 0.3) is 5.91 Å². The fraction of sp³-hybridized carbons (Fsp3) is 0.632. The fourth-order valence-electron chi connectivity index (χ4n) is 4.30. The van der Waals surface area contributed by atoms with Crippen molar-refractivity contribution in [2.75, 3.05) is 26.2 Å². The molecule has 0 bridgehead atoms. The average molecular weight is 404 g/mol. The van der Waals surface area contributed by atoms with Crippen molar-refractivity contribution in [3.8, 4) is 0 Å². The van der Waals surface area contributed by atoms with Gasteiger partial charge in [-0.05, 0) is 32.4 Å². The monoisotopic (exact) mass is 404 g/mol. The number of aliphatic hydroxyl groups excluding tert-OH is 1. The summed E-state index contributed by atoms with van der Waals surface area (Å²) < 4.78 is 9.27. The summed E-state index contributed by atoms with van der Waals surface area (Å²) in [5.74, 6) is -0.566. The number of fused-ring (bicyclic) bond motifs is 1. The number of nitrogens with two attached hydrogens (primary N) is 1. The molecule has 10 nitrogen and oxygen atoms in total. The molecule has 0 aliphatic carbocycles. The van der Waals surface area contributed by atoms with Crippen molar-refractivity contribution in [3.05, 3.63) is 24.2 Å². The summed E-state index contributed by atoms with van der Waals surface area (Å²) in [6.07, 6.45) is 5.97. The maximum atomic E-state index is 12.8. The number of aryl methyl sites for hydroxylation is 1. The van der Waals surface area contributed by atoms with E-state index < -0.39 is 6.10 Å². The minimum absolute atomic E-state index is 0.0686. The number of ether oxygens (including phenoxy) is 1. The number of hydrogen-bond donors (Lipinski definition) is 3. The summed E-state index contributed by atoms with van der Waals surface area (Å²) in [4.78, 5) is 26.3. The number of imidazole rings is 1. The summed E-state index contributed by atoms with van der Waals surface area (Å²) in [5.41, 5.74) is 6.57. The van der Waals surface area contributed by atoms with Gasteiger partial charge in [0, 0.05) is 38.5 Å². The first kappa shape index (κ1) is 19.9. The molecule has 3 atom stereocenters. The minimum Gasteiger partial charge on any atom is -0.388 e. The predicted octanol–water partition coefficient (Wildman–Crippen LogP) is -0.882. The maximum absolute atomic E-state index is 12.8. The normalized spacial score (nSPS) is 26.6. The van der Waals surface area contributed by atoms with Crippen molar-refractivity contribution in [1.82, 2.24) is 24.4 Å². The molecule has 158 valence electrons. The van der Waals surface area contributed by atoms with E-state index in [0.29, 0.717) is 30.8 Å². The average Bonchev–Trinajstić information content (AvgIpc) is 3.28. The smallest absolute Gasteiger partial charge is 0.257 e. The molecule has 2 aliphatic rings. The molecule has 2 aromatic rings. The topological polar surface area (TPSA) is 127 Å². The number of likely N-dealkylation sites (tertiary alicyclic amines) is 1. The number of amides is 2. The Labute approximate surface area is 168 Å². The van der Waals surface area contributed by atoms with Crippen LogP contribution < -0.4 is 11.1 Å². The van der Waals surface area contributed by atoms with Gasteiger partial charge in [-0.15, -0.1) is 0 Å². The van der Waals surface area contributed by atoms with E-state index in [1.807, 2.05) is 17.8 Å². The zero-order valence-electron chi connectivity index (χ0n) is 16.5. The van der Waals surface area contributed by atoms with Crippen molar-refractivity contribution < 1.29 is 19.4 Å². The second-order valence-electron chi connectivity index (χ2n) is 7.98. The van der Waals surface area contributed by atoms with Crippen LogP contribution in [0.5, 0.6) is 0 Å². The maximum Gasteiger partial charge on any atom is 0.257 e. The Morgan fingerprint density at radius 3 is 2.79 bits per heavy atom. The van der Waals surface area contributed by atoms with Gasteiger partial charge in [-0.1, -0.05) is 0 Å². The highest BCUT2D eigenvalue weighted by Crippen LogP contribution is 2.21. The molecule has 4 heterocycles. The Balaban J connectivity index is 1.36. The first-order chi connectivity index (χ1) is 13.9. The van der Waals surface area contributed by atoms with Crippen molar-refractivity contribution in [2.45, 2.75) is 37.5 Å². The molecule has 4 N–H and O–H groups in total. The van der Waals surface area contributed by atoms with E-state index >= 15 is 0 Å². The molecule has 2 amide bonds. The lowest BCUT2D eigenvalue weighted by molar-refractivity contribution is -0.124. The van der Waals surface area contributed by atoms with E-state index in [4.69, 9.17) is 10.5 Å². The Kier molecular flexibility index (Phi) is 5.57. The molecule has 0 saturated carbocycles. The van der Waals surface area contributed by atoms with E-state index in [0.717, 1.165) is 25.9 Å². The van der Waals surface area contributed by atoms with Crippen LogP contribution in [0.25, 0.3) is 5.65 Å². The highest BCUT2D eigenvalue weighted by molar-refractivity contribution is 6.00. The third-order valence-corrected chi connectivity index (χ3v) is 6.08. The van der Waals surface area contributed by atoms with Gasteiger partial charge in [-0.3, -0.25) is 9.59 Å². The van der Waals surface area contributed by atoms with Crippen LogP contribution in [0.2, 0.25) is 0 Å². The lowest BCUT2D eigenvalue weighted by Gasteiger charge is -2.39. The van der Waals surface area contributed by atoms with Crippen LogP contribution in [0.4, 0.5) is 0 Å². The van der Waals surface area contributed by atoms with Gasteiger partial charge in [0.15, 0.2) is 0 Å². The molecule has 10 heteroatoms. The largest absolute Gasteiger partial charge is 0.388 e. The second kappa shape index (κ2) is 8.13. The van der Waals surface area contributed by atoms with Crippen molar-refractivity contribution in [2.24, 2.45) is 18.7 Å². The molecule has 4 rings (SSSR count). The van der Waals surface area contributed by atoms with Crippen LogP contribution in [-0.4, -0.2) is 80.5 Å². The summed E-state index contributed by atoms with van der Waals surface area (Å²) in [6.45, 7) is 2.53. The van der Waals surface area contributed by atoms with Crippen LogP contribution >= 0.6 is 0 Å². The Hall–Kier alpha value is -2.43. The lowest BCUT2D eigenvalue weighted by Crippen LogP contribution is -2.56. The van der Waals surface area contributed by atoms with Gasteiger partial charge in [0.2, 0.25) is 5.91 Å². The summed E-state index contributed by atoms with van der Waals surface area (Å²) >= 11 is 0. The number of nitrogens with one attached hydrogen (secondary N) is 1. The quantitative estimate of drug-likeness (QED) is 0.594. The molecule has 2 saturated heterocycles. The van der Waals surface area contributed by atoms with Gasteiger partial charge in [-0.2, -0.15) is 5.10 Å². The highest BCUT2D eigenvalue weighted by atomic mass is 16.5. The number of aliphatic hydroxyl groups is 1. The zero-order chi connectivity index (χ0) is 20.5. The molecular formula is C19H28N6O4. The van der Waals surface area contributed by atoms with E-state index in [9.17, 15) is 14.7 Å². The SMILES string of the molecule is Cn1ccn2ncc(C(=O)N[C@H]3CCO[C@H](CN4CCC(C(N)=O)CC4)[C@H]3O)c12. The Morgan fingerprint density at radius 2 is 2.07 bits per heavy atom. The molecule has 2 fully saturated rings. The Morgan fingerprint density at radius 1 is 1.31 bits per heavy atom. The second-order valence-corrected chi connectivity index (χ2v) is 7.98. The number of rotatable bonds is 5. The van der Waals surface area contributed by atoms with Gasteiger partial charge in [-0.25, -0.2) is 4.52 Å². The summed E-state index contributed by atoms with van der Waals surface area (Å²) in [7, 11) is 1.86. The minimum atomic E-state index is -0.805. The lowest BCUT2D eigenvalue weighted by atomic mass is 9.94. The third-order valence-electron chi connectivity index (χ3n) is 6.08. The molecule has 2 aromatic heterocycles. The number of primary amides is 1. The number of aromatic nitrogens is 3. The third kappa shape index (κ3) is 4.00. The number of piperidine rings is 1. The summed E-state index contributed by atoms with van der Waals surface area (Å²) in [6, 6.07) is -0.389. The van der Waals surface area contributed by atoms with Crippen LogP contribution in [0, 0.1) is 5.92 Å². The van der Waals surface area contributed by atoms with E-state index in [2.05, 4.69) is 15.3 Å². The van der Waals surface area contributed by atoms with Crippen molar-refractivity contribution in [1.29, 1.82) is 0 Å². The zero-order valence-corrected chi connectivity index (χ0v) is 16.5. The van der Waals surface area contributed by atoms with Gasteiger partial charge >= 0.3 is 0 Å². The first-order valence-electron chi connectivity index (χ1n) is 10.0. The molecule has 2 aliphatic heterocycles. The molecular weight excluding hydrogens is 376 g/mol. The van der Waals surface area contributed by atoms with Gasteiger partial charge < -0.3 is 30.4 Å². The van der Waals surface area contributed by atoms with Crippen LogP contribution in [-0.2, 0) is 16.6 Å². The number of carbonyl (C=O) groups is 2. The van der Waals surface area contributed by atoms with E-state index in [1.54, 1.807) is 10.7 Å². The van der Waals surface area contributed by atoms with Gasteiger partial charge in [0.05, 0.1) is 18.3 Å². The molecule has 0 unspecified atom stereocenters. The first-order valence-corrected chi connectivity index (χ1v) is 10.0. The highest BCUT2D eigenvalue weighted by Gasteiger charge is 2.36. The number of hydrogen-bond acceptors (Lipinski definition) is 6. The molecule has 0 spiro atoms. The van der Waals surface area contributed by atoms with Crippen LogP contribution in [0.3, 0.4) is 0 Å². The molecule has 29 heavy (non-hydrogen) atoms. The standard InChI is InChI=1S/C19H28N6O4/c1-23-7-8-25-19(23)13(10-21-25)18(28)22-14-4-9-29-15(16(14)26)11-24-5-2-12(3-6-24)17(20)27/h7-8,10,12,14-16,26H,2-6,9,11H2,1H3,(H2,20,27)(H,22,28)/t14-,15+,16-/m0/s1. The molecule has 0 radical (unpaired) electrons.